The van der Waals surface area contributed by atoms with Crippen LogP contribution in [0.15, 0.2) is 46.9 Å². The number of rotatable bonds is 11. The number of halogens is 1. The molecule has 0 bridgehead atoms. The first-order valence-corrected chi connectivity index (χ1v) is 14.1. The molecule has 0 spiro atoms. The normalized spacial score (nSPS) is 13.2. The van der Waals surface area contributed by atoms with Gasteiger partial charge in [0.15, 0.2) is 0 Å². The molecule has 2 unspecified atom stereocenters. The summed E-state index contributed by atoms with van der Waals surface area (Å²) in [7, 11) is -1.14. The van der Waals surface area contributed by atoms with Crippen LogP contribution in [0.25, 0.3) is 0 Å². The molecule has 2 amide bonds. The van der Waals surface area contributed by atoms with Crippen LogP contribution in [-0.2, 0) is 26.3 Å². The standard InChI is InChI=1S/C26H37BrN4O4S/c1-8-20(4)28-26(33)21(5)30(16-22-10-9-11-23(27)15-22)25(32)17-31(36(34,35)29(6)7)24-14-18(2)12-13-19(24)3/h9-15,20-21H,8,16-17H2,1-7H3,(H,28,33). The van der Waals surface area contributed by atoms with E-state index in [1.807, 2.05) is 57.2 Å². The maximum absolute atomic E-state index is 13.8. The van der Waals surface area contributed by atoms with Gasteiger partial charge in [-0.05, 0) is 69.0 Å². The molecule has 0 heterocycles. The molecule has 0 aromatic heterocycles. The van der Waals surface area contributed by atoms with E-state index in [1.165, 1.54) is 19.0 Å². The number of carbonyl (C=O) groups excluding carboxylic acids is 2. The third kappa shape index (κ3) is 7.54. The number of benzene rings is 2. The first-order valence-electron chi connectivity index (χ1n) is 11.9. The highest BCUT2D eigenvalue weighted by molar-refractivity contribution is 9.10. The highest BCUT2D eigenvalue weighted by Crippen LogP contribution is 2.26. The molecular weight excluding hydrogens is 544 g/mol. The zero-order valence-corrected chi connectivity index (χ0v) is 24.5. The summed E-state index contributed by atoms with van der Waals surface area (Å²) in [6.45, 7) is 8.91. The number of anilines is 1. The zero-order valence-electron chi connectivity index (χ0n) is 22.1. The summed E-state index contributed by atoms with van der Waals surface area (Å²) in [5.41, 5.74) is 2.83. The maximum atomic E-state index is 13.8. The molecule has 0 saturated carbocycles. The van der Waals surface area contributed by atoms with Gasteiger partial charge in [-0.15, -0.1) is 0 Å². The van der Waals surface area contributed by atoms with Crippen LogP contribution in [0.1, 0.15) is 43.9 Å². The van der Waals surface area contributed by atoms with E-state index in [9.17, 15) is 18.0 Å². The molecule has 10 heteroatoms. The Hall–Kier alpha value is -2.43. The van der Waals surface area contributed by atoms with Gasteiger partial charge in [-0.1, -0.05) is 47.1 Å². The third-order valence-electron chi connectivity index (χ3n) is 6.06. The van der Waals surface area contributed by atoms with Crippen LogP contribution in [0.4, 0.5) is 5.69 Å². The molecule has 2 rings (SSSR count). The topological polar surface area (TPSA) is 90.0 Å². The van der Waals surface area contributed by atoms with Gasteiger partial charge in [0.2, 0.25) is 11.8 Å². The van der Waals surface area contributed by atoms with E-state index in [2.05, 4.69) is 21.2 Å². The highest BCUT2D eigenvalue weighted by Gasteiger charge is 2.33. The summed E-state index contributed by atoms with van der Waals surface area (Å²) >= 11 is 3.45. The van der Waals surface area contributed by atoms with Crippen LogP contribution in [-0.4, -0.2) is 62.2 Å². The van der Waals surface area contributed by atoms with Gasteiger partial charge < -0.3 is 10.2 Å². The summed E-state index contributed by atoms with van der Waals surface area (Å²) < 4.78 is 29.7. The van der Waals surface area contributed by atoms with E-state index in [-0.39, 0.29) is 18.5 Å². The van der Waals surface area contributed by atoms with E-state index in [4.69, 9.17) is 0 Å². The fourth-order valence-electron chi connectivity index (χ4n) is 3.57. The van der Waals surface area contributed by atoms with Crippen molar-refractivity contribution in [2.45, 2.75) is 59.7 Å². The van der Waals surface area contributed by atoms with Gasteiger partial charge in [-0.3, -0.25) is 9.59 Å². The first-order chi connectivity index (χ1) is 16.8. The monoisotopic (exact) mass is 580 g/mol. The lowest BCUT2D eigenvalue weighted by Crippen LogP contribution is -2.53. The molecule has 36 heavy (non-hydrogen) atoms. The Morgan fingerprint density at radius 1 is 1.06 bits per heavy atom. The molecule has 0 fully saturated rings. The average molecular weight is 582 g/mol. The Kier molecular flexibility index (Phi) is 10.5. The van der Waals surface area contributed by atoms with Gasteiger partial charge in [-0.2, -0.15) is 12.7 Å². The van der Waals surface area contributed by atoms with Gasteiger partial charge in [0, 0.05) is 31.2 Å². The lowest BCUT2D eigenvalue weighted by atomic mass is 10.1. The Morgan fingerprint density at radius 2 is 1.72 bits per heavy atom. The summed E-state index contributed by atoms with van der Waals surface area (Å²) in [6, 6.07) is 12.1. The summed E-state index contributed by atoms with van der Waals surface area (Å²) in [5.74, 6) is -0.769. The Bertz CT molecular complexity index is 1190. The number of carbonyl (C=O) groups is 2. The molecule has 0 saturated heterocycles. The molecule has 2 atom stereocenters. The smallest absolute Gasteiger partial charge is 0.304 e. The fraction of sp³-hybridized carbons (Fsp3) is 0.462. The number of hydrogen-bond donors (Lipinski definition) is 1. The summed E-state index contributed by atoms with van der Waals surface area (Å²) in [4.78, 5) is 28.2. The molecule has 198 valence electrons. The fourth-order valence-corrected chi connectivity index (χ4v) is 5.13. The third-order valence-corrected chi connectivity index (χ3v) is 8.36. The highest BCUT2D eigenvalue weighted by atomic mass is 79.9. The molecule has 0 radical (unpaired) electrons. The Labute approximate surface area is 224 Å². The molecular formula is C26H37BrN4O4S. The second kappa shape index (κ2) is 12.7. The maximum Gasteiger partial charge on any atom is 0.304 e. The van der Waals surface area contributed by atoms with Crippen LogP contribution in [0.2, 0.25) is 0 Å². The number of hydrogen-bond acceptors (Lipinski definition) is 4. The van der Waals surface area contributed by atoms with Gasteiger partial charge in [0.1, 0.15) is 12.6 Å². The van der Waals surface area contributed by atoms with E-state index in [0.29, 0.717) is 5.69 Å². The van der Waals surface area contributed by atoms with Crippen molar-refractivity contribution in [1.82, 2.24) is 14.5 Å². The SMILES string of the molecule is CCC(C)NC(=O)C(C)N(Cc1cccc(Br)c1)C(=O)CN(c1cc(C)ccc1C)S(=O)(=O)N(C)C. The van der Waals surface area contributed by atoms with Crippen molar-refractivity contribution in [3.63, 3.8) is 0 Å². The minimum Gasteiger partial charge on any atom is -0.352 e. The van der Waals surface area contributed by atoms with E-state index >= 15 is 0 Å². The number of amides is 2. The lowest BCUT2D eigenvalue weighted by molar-refractivity contribution is -0.139. The van der Waals surface area contributed by atoms with Crippen molar-refractivity contribution < 1.29 is 18.0 Å². The average Bonchev–Trinajstić information content (AvgIpc) is 2.81. The molecule has 2 aromatic rings. The predicted molar refractivity (Wildman–Crippen MR) is 148 cm³/mol. The molecule has 0 aliphatic rings. The quantitative estimate of drug-likeness (QED) is 0.435. The second-order valence-electron chi connectivity index (χ2n) is 9.23. The molecule has 8 nitrogen and oxygen atoms in total. The largest absolute Gasteiger partial charge is 0.352 e. The number of nitrogens with zero attached hydrogens (tertiary/aromatic N) is 3. The molecule has 0 aliphatic carbocycles. The van der Waals surface area contributed by atoms with Crippen LogP contribution in [0.3, 0.4) is 0 Å². The minimum absolute atomic E-state index is 0.0525. The first kappa shape index (κ1) is 29.8. The van der Waals surface area contributed by atoms with Gasteiger partial charge in [-0.25, -0.2) is 4.31 Å². The van der Waals surface area contributed by atoms with Crippen LogP contribution >= 0.6 is 15.9 Å². The predicted octanol–water partition coefficient (Wildman–Crippen LogP) is 4.01. The summed E-state index contributed by atoms with van der Waals surface area (Å²) in [6.07, 6.45) is 0.750. The molecule has 2 aromatic carbocycles. The van der Waals surface area contributed by atoms with E-state index in [0.717, 1.165) is 36.2 Å². The van der Waals surface area contributed by atoms with Gasteiger partial charge >= 0.3 is 10.2 Å². The van der Waals surface area contributed by atoms with Crippen molar-refractivity contribution >= 4 is 43.6 Å². The Balaban J connectivity index is 2.51. The van der Waals surface area contributed by atoms with Crippen LogP contribution < -0.4 is 9.62 Å². The second-order valence-corrected chi connectivity index (χ2v) is 12.2. The van der Waals surface area contributed by atoms with Crippen molar-refractivity contribution in [3.05, 3.63) is 63.6 Å². The van der Waals surface area contributed by atoms with Gasteiger partial charge in [0.05, 0.1) is 5.69 Å². The van der Waals surface area contributed by atoms with Crippen LogP contribution in [0.5, 0.6) is 0 Å². The van der Waals surface area contributed by atoms with Gasteiger partial charge in [0.25, 0.3) is 0 Å². The van der Waals surface area contributed by atoms with Crippen molar-refractivity contribution in [1.29, 1.82) is 0 Å². The van der Waals surface area contributed by atoms with Crippen molar-refractivity contribution in [3.8, 4) is 0 Å². The molecule has 1 N–H and O–H groups in total. The van der Waals surface area contributed by atoms with E-state index in [1.54, 1.807) is 19.9 Å². The Morgan fingerprint density at radius 3 is 2.31 bits per heavy atom. The summed E-state index contributed by atoms with van der Waals surface area (Å²) in [5, 5.41) is 2.93. The number of nitrogens with one attached hydrogen (secondary N) is 1. The van der Waals surface area contributed by atoms with Crippen molar-refractivity contribution in [2.75, 3.05) is 24.9 Å². The number of aryl methyl sites for hydroxylation is 2. The van der Waals surface area contributed by atoms with Crippen molar-refractivity contribution in [2.24, 2.45) is 0 Å². The van der Waals surface area contributed by atoms with E-state index < -0.39 is 28.7 Å². The van der Waals surface area contributed by atoms with Crippen LogP contribution in [0, 0.1) is 13.8 Å². The lowest BCUT2D eigenvalue weighted by Gasteiger charge is -2.33. The molecule has 0 aliphatic heterocycles. The minimum atomic E-state index is -4.00. The zero-order chi connectivity index (χ0) is 27.2.